The van der Waals surface area contributed by atoms with Crippen molar-refractivity contribution < 1.29 is 4.79 Å². The lowest BCUT2D eigenvalue weighted by Crippen LogP contribution is -2.16. The van der Waals surface area contributed by atoms with Crippen LogP contribution in [-0.4, -0.2) is 17.4 Å². The Bertz CT molecular complexity index is 500. The summed E-state index contributed by atoms with van der Waals surface area (Å²) in [6.07, 6.45) is 44.7. The van der Waals surface area contributed by atoms with E-state index < -0.39 is 0 Å². The third-order valence-electron chi connectivity index (χ3n) is 8.09. The Kier molecular flexibility index (Phi) is 31.3. The summed E-state index contributed by atoms with van der Waals surface area (Å²) >= 11 is 0. The first-order valence-electron chi connectivity index (χ1n) is 17.3. The number of nitrogens with zero attached hydrogens (tertiary/aromatic N) is 1. The van der Waals surface area contributed by atoms with Crippen molar-refractivity contribution in [2.45, 2.75) is 193 Å². The van der Waals surface area contributed by atoms with Gasteiger partial charge in [0, 0.05) is 13.0 Å². The molecule has 0 unspecified atom stereocenters. The van der Waals surface area contributed by atoms with Gasteiger partial charge in [0.15, 0.2) is 0 Å². The molecule has 0 atom stereocenters. The van der Waals surface area contributed by atoms with Crippen molar-refractivity contribution in [1.82, 2.24) is 4.90 Å². The highest BCUT2D eigenvalue weighted by atomic mass is 16.2. The van der Waals surface area contributed by atoms with Crippen molar-refractivity contribution in [2.75, 3.05) is 6.54 Å². The summed E-state index contributed by atoms with van der Waals surface area (Å²) < 4.78 is 0. The number of carbonyl (C=O) groups is 1. The Hall–Kier alpha value is -1.05. The van der Waals surface area contributed by atoms with E-state index in [2.05, 4.69) is 26.2 Å². The van der Waals surface area contributed by atoms with E-state index in [1.165, 1.54) is 173 Å². The summed E-state index contributed by atoms with van der Waals surface area (Å²) in [5, 5.41) is 0. The van der Waals surface area contributed by atoms with E-state index in [0.29, 0.717) is 6.42 Å². The second-order valence-electron chi connectivity index (χ2n) is 11.8. The molecule has 1 rings (SSSR count). The van der Waals surface area contributed by atoms with E-state index in [0.717, 1.165) is 13.0 Å². The highest BCUT2D eigenvalue weighted by molar-refractivity contribution is 5.78. The average molecular weight is 532 g/mol. The molecule has 0 saturated carbocycles. The van der Waals surface area contributed by atoms with Gasteiger partial charge >= 0.3 is 0 Å². The third-order valence-corrected chi connectivity index (χ3v) is 8.09. The molecule has 0 aromatic rings. The van der Waals surface area contributed by atoms with Crippen LogP contribution in [-0.2, 0) is 4.79 Å². The van der Waals surface area contributed by atoms with Gasteiger partial charge < -0.3 is 4.90 Å². The van der Waals surface area contributed by atoms with Crippen LogP contribution >= 0.6 is 0 Å². The zero-order valence-electron chi connectivity index (χ0n) is 26.1. The molecule has 1 aliphatic heterocycles. The molecule has 1 aliphatic rings. The van der Waals surface area contributed by atoms with Crippen molar-refractivity contribution >= 4 is 5.91 Å². The second-order valence-corrected chi connectivity index (χ2v) is 11.8. The number of carbonyl (C=O) groups excluding carboxylic acids is 1. The topological polar surface area (TPSA) is 20.3 Å². The summed E-state index contributed by atoms with van der Waals surface area (Å²) in [6, 6.07) is 0. The quantitative estimate of drug-likeness (QED) is 0.0726. The predicted molar refractivity (Wildman–Crippen MR) is 172 cm³/mol. The number of rotatable bonds is 28. The van der Waals surface area contributed by atoms with Gasteiger partial charge in [0.2, 0.25) is 5.91 Å². The largest absolute Gasteiger partial charge is 0.320 e. The van der Waals surface area contributed by atoms with E-state index in [9.17, 15) is 4.79 Å². The molecule has 224 valence electrons. The standard InChI is InChI=1S/C30H60.C6H9NO/c1-3-5-7-9-11-13-15-17-19-21-23-25-27-29-30-28-26-24-22-20-18-16-14-12-10-8-6-4-2;1-2-7-5-3-4-6(7)8/h3H,1,4-30H2,2H3;2H,1,3-5H2. The van der Waals surface area contributed by atoms with Gasteiger partial charge in [0.1, 0.15) is 0 Å². The molecule has 38 heavy (non-hydrogen) atoms. The summed E-state index contributed by atoms with van der Waals surface area (Å²) in [4.78, 5) is 12.3. The Morgan fingerprint density at radius 3 is 1.08 bits per heavy atom. The molecule has 1 fully saturated rings. The molecule has 0 aromatic carbocycles. The van der Waals surface area contributed by atoms with Crippen LogP contribution in [0.4, 0.5) is 0 Å². The van der Waals surface area contributed by atoms with Gasteiger partial charge in [-0.1, -0.05) is 180 Å². The molecule has 0 bridgehead atoms. The van der Waals surface area contributed by atoms with Gasteiger partial charge in [-0.3, -0.25) is 4.79 Å². The predicted octanol–water partition coefficient (Wildman–Crippen LogP) is 12.5. The highest BCUT2D eigenvalue weighted by Crippen LogP contribution is 2.16. The van der Waals surface area contributed by atoms with Crippen molar-refractivity contribution in [3.8, 4) is 0 Å². The maximum absolute atomic E-state index is 10.7. The second kappa shape index (κ2) is 32.2. The number of unbranched alkanes of at least 4 members (excludes halogenated alkanes) is 26. The Balaban J connectivity index is 0.00000144. The van der Waals surface area contributed by atoms with E-state index in [1.807, 2.05) is 0 Å². The SMILES string of the molecule is C=CCCCCCCCCCCCCCCCCCCCCCCCCCCCC.C=CN1CCCC1=O. The molecule has 0 N–H and O–H groups in total. The lowest BCUT2D eigenvalue weighted by molar-refractivity contribution is -0.125. The minimum atomic E-state index is 0.208. The van der Waals surface area contributed by atoms with Gasteiger partial charge in [-0.15, -0.1) is 6.58 Å². The zero-order valence-corrected chi connectivity index (χ0v) is 26.1. The maximum atomic E-state index is 10.7. The summed E-state index contributed by atoms with van der Waals surface area (Å²) in [7, 11) is 0. The van der Waals surface area contributed by atoms with Crippen molar-refractivity contribution in [1.29, 1.82) is 0 Å². The lowest BCUT2D eigenvalue weighted by Gasteiger charge is -2.05. The molecule has 0 aliphatic carbocycles. The first kappa shape index (κ1) is 37.0. The Morgan fingerprint density at radius 1 is 0.553 bits per heavy atom. The monoisotopic (exact) mass is 532 g/mol. The smallest absolute Gasteiger partial charge is 0.226 e. The number of amides is 1. The van der Waals surface area contributed by atoms with Crippen molar-refractivity contribution in [3.05, 3.63) is 25.4 Å². The summed E-state index contributed by atoms with van der Waals surface area (Å²) in [6.45, 7) is 10.5. The van der Waals surface area contributed by atoms with E-state index >= 15 is 0 Å². The fourth-order valence-electron chi connectivity index (χ4n) is 5.47. The van der Waals surface area contributed by atoms with E-state index in [-0.39, 0.29) is 5.91 Å². The van der Waals surface area contributed by atoms with Gasteiger partial charge in [0.05, 0.1) is 0 Å². The molecule has 1 amide bonds. The van der Waals surface area contributed by atoms with Crippen LogP contribution in [0.1, 0.15) is 193 Å². The summed E-state index contributed by atoms with van der Waals surface area (Å²) in [5.74, 6) is 0.208. The van der Waals surface area contributed by atoms with Gasteiger partial charge in [-0.05, 0) is 25.5 Å². The van der Waals surface area contributed by atoms with Gasteiger partial charge in [-0.25, -0.2) is 0 Å². The van der Waals surface area contributed by atoms with Crippen LogP contribution in [0.3, 0.4) is 0 Å². The van der Waals surface area contributed by atoms with Gasteiger partial charge in [0.25, 0.3) is 0 Å². The molecule has 1 saturated heterocycles. The van der Waals surface area contributed by atoms with E-state index in [4.69, 9.17) is 0 Å². The zero-order chi connectivity index (χ0) is 27.8. The fourth-order valence-corrected chi connectivity index (χ4v) is 5.47. The minimum Gasteiger partial charge on any atom is -0.320 e. The number of hydrogen-bond donors (Lipinski definition) is 0. The molecular formula is C36H69NO. The molecule has 0 aromatic heterocycles. The van der Waals surface area contributed by atoms with E-state index in [1.54, 1.807) is 11.1 Å². The molecule has 1 heterocycles. The Labute approximate surface area is 240 Å². The van der Waals surface area contributed by atoms with Gasteiger partial charge in [-0.2, -0.15) is 0 Å². The first-order valence-corrected chi connectivity index (χ1v) is 17.3. The molecule has 2 heteroatoms. The molecule has 0 radical (unpaired) electrons. The van der Waals surface area contributed by atoms with Crippen LogP contribution in [0.15, 0.2) is 25.4 Å². The average Bonchev–Trinajstić information content (AvgIpc) is 3.36. The van der Waals surface area contributed by atoms with Crippen LogP contribution in [0, 0.1) is 0 Å². The summed E-state index contributed by atoms with van der Waals surface area (Å²) in [5.41, 5.74) is 0. The normalized spacial score (nSPS) is 13.0. The molecule has 0 spiro atoms. The Morgan fingerprint density at radius 2 is 0.868 bits per heavy atom. The highest BCUT2D eigenvalue weighted by Gasteiger charge is 2.16. The molecular weight excluding hydrogens is 462 g/mol. The number of hydrogen-bond acceptors (Lipinski definition) is 1. The fraction of sp³-hybridized carbons (Fsp3) is 0.861. The number of allylic oxidation sites excluding steroid dienone is 1. The van der Waals surface area contributed by atoms with Crippen LogP contribution in [0.25, 0.3) is 0 Å². The third kappa shape index (κ3) is 28.0. The molecule has 2 nitrogen and oxygen atoms in total. The van der Waals surface area contributed by atoms with Crippen LogP contribution < -0.4 is 0 Å². The van der Waals surface area contributed by atoms with Crippen molar-refractivity contribution in [2.24, 2.45) is 0 Å². The minimum absolute atomic E-state index is 0.208. The lowest BCUT2D eigenvalue weighted by atomic mass is 10.0. The van der Waals surface area contributed by atoms with Crippen LogP contribution in [0.5, 0.6) is 0 Å². The maximum Gasteiger partial charge on any atom is 0.226 e. The number of likely N-dealkylation sites (tertiary alicyclic amines) is 1. The van der Waals surface area contributed by atoms with Crippen molar-refractivity contribution in [3.63, 3.8) is 0 Å². The first-order chi connectivity index (χ1) is 18.8. The van der Waals surface area contributed by atoms with Crippen LogP contribution in [0.2, 0.25) is 0 Å².